The maximum atomic E-state index is 12.7. The molecule has 40 heavy (non-hydrogen) atoms. The fraction of sp³-hybridized carbons (Fsp3) is 0.226. The lowest BCUT2D eigenvalue weighted by Gasteiger charge is -2.20. The number of aromatic nitrogens is 7. The van der Waals surface area contributed by atoms with Gasteiger partial charge in [0, 0.05) is 46.9 Å². The van der Waals surface area contributed by atoms with Crippen LogP contribution < -0.4 is 5.32 Å². The Morgan fingerprint density at radius 1 is 0.900 bits per heavy atom. The van der Waals surface area contributed by atoms with Crippen LogP contribution >= 0.6 is 0 Å². The molecule has 0 saturated heterocycles. The van der Waals surface area contributed by atoms with Gasteiger partial charge in [0.25, 0.3) is 0 Å². The number of hydrogen-bond donors (Lipinski definition) is 3. The summed E-state index contributed by atoms with van der Waals surface area (Å²) in [6.07, 6.45) is 15.4. The fourth-order valence-corrected chi connectivity index (χ4v) is 5.69. The molecule has 1 saturated carbocycles. The lowest BCUT2D eigenvalue weighted by atomic mass is 9.87. The smallest absolute Gasteiger partial charge is 0.224 e. The van der Waals surface area contributed by atoms with E-state index < -0.39 is 0 Å². The molecule has 1 aliphatic rings. The largest absolute Gasteiger partial charge is 0.338 e. The van der Waals surface area contributed by atoms with E-state index in [1.54, 1.807) is 31.0 Å². The maximum Gasteiger partial charge on any atom is 0.224 e. The second kappa shape index (κ2) is 10.3. The molecule has 198 valence electrons. The Hall–Kier alpha value is -4.92. The molecule has 6 heterocycles. The van der Waals surface area contributed by atoms with Gasteiger partial charge in [-0.15, -0.1) is 0 Å². The van der Waals surface area contributed by atoms with Gasteiger partial charge in [-0.2, -0.15) is 5.10 Å². The molecular weight excluding hydrogens is 500 g/mol. The van der Waals surface area contributed by atoms with Crippen LogP contribution in [0.3, 0.4) is 0 Å². The topological polar surface area (TPSA) is 125 Å². The molecule has 0 aromatic carbocycles. The highest BCUT2D eigenvalue weighted by Crippen LogP contribution is 2.34. The minimum Gasteiger partial charge on any atom is -0.338 e. The number of nitrogens with one attached hydrogen (secondary N) is 3. The minimum absolute atomic E-state index is 0.0453. The number of aromatic amines is 2. The van der Waals surface area contributed by atoms with Crippen LogP contribution in [0.25, 0.3) is 55.8 Å². The molecular formula is C31H28N8O. The number of carbonyl (C=O) groups is 1. The molecule has 1 amide bonds. The summed E-state index contributed by atoms with van der Waals surface area (Å²) >= 11 is 0. The lowest BCUT2D eigenvalue weighted by Crippen LogP contribution is -2.18. The van der Waals surface area contributed by atoms with Crippen molar-refractivity contribution in [1.29, 1.82) is 0 Å². The van der Waals surface area contributed by atoms with Gasteiger partial charge >= 0.3 is 0 Å². The molecule has 1 fully saturated rings. The molecule has 1 aliphatic carbocycles. The third kappa shape index (κ3) is 4.70. The van der Waals surface area contributed by atoms with Gasteiger partial charge in [-0.3, -0.25) is 24.8 Å². The van der Waals surface area contributed by atoms with Crippen molar-refractivity contribution in [3.63, 3.8) is 0 Å². The molecule has 0 spiro atoms. The standard InChI is InChI=1S/C31H28N8O/c40-29(12-19-6-2-1-3-7-19)36-21-13-20(16-32-17-21)26-15-24-28(18-35-26)38-39-30(24)27-14-23-22(9-11-34-31(23)37-27)25-8-4-5-10-33-25/h4-5,8-11,13-19H,1-3,6-7,12H2,(H,34,37)(H,36,40)(H,38,39). The molecule has 6 aromatic heterocycles. The minimum atomic E-state index is 0.0453. The first-order chi connectivity index (χ1) is 19.7. The Balaban J connectivity index is 1.19. The van der Waals surface area contributed by atoms with Crippen molar-refractivity contribution >= 4 is 33.5 Å². The van der Waals surface area contributed by atoms with Gasteiger partial charge in [0.05, 0.1) is 40.7 Å². The number of carbonyl (C=O) groups excluding carboxylic acids is 1. The van der Waals surface area contributed by atoms with Crippen LogP contribution in [0.2, 0.25) is 0 Å². The molecule has 9 heteroatoms. The van der Waals surface area contributed by atoms with Crippen LogP contribution in [0.1, 0.15) is 38.5 Å². The van der Waals surface area contributed by atoms with Crippen molar-refractivity contribution in [2.24, 2.45) is 5.92 Å². The zero-order chi connectivity index (χ0) is 26.9. The van der Waals surface area contributed by atoms with E-state index in [-0.39, 0.29) is 5.91 Å². The number of hydrogen-bond acceptors (Lipinski definition) is 6. The Kier molecular flexibility index (Phi) is 6.24. The van der Waals surface area contributed by atoms with E-state index in [0.29, 0.717) is 18.0 Å². The van der Waals surface area contributed by atoms with Crippen molar-refractivity contribution in [3.8, 4) is 33.9 Å². The number of anilines is 1. The van der Waals surface area contributed by atoms with E-state index in [0.717, 1.165) is 68.7 Å². The SMILES string of the molecule is O=C(CC1CCCCC1)Nc1cncc(-c2cc3c(-c4cc5c(-c6ccccn6)ccnc5[nH]4)n[nH]c3cn2)c1. The Labute approximate surface area is 230 Å². The van der Waals surface area contributed by atoms with Crippen molar-refractivity contribution < 1.29 is 4.79 Å². The van der Waals surface area contributed by atoms with Gasteiger partial charge in [-0.05, 0) is 55.2 Å². The van der Waals surface area contributed by atoms with Gasteiger partial charge in [-0.1, -0.05) is 25.3 Å². The lowest BCUT2D eigenvalue weighted by molar-refractivity contribution is -0.117. The fourth-order valence-electron chi connectivity index (χ4n) is 5.69. The maximum absolute atomic E-state index is 12.7. The molecule has 0 atom stereocenters. The number of pyridine rings is 4. The molecule has 0 radical (unpaired) electrons. The molecule has 3 N–H and O–H groups in total. The van der Waals surface area contributed by atoms with Crippen molar-refractivity contribution in [1.82, 2.24) is 35.1 Å². The molecule has 6 aromatic rings. The average Bonchev–Trinajstić information content (AvgIpc) is 3.62. The van der Waals surface area contributed by atoms with Crippen molar-refractivity contribution in [2.45, 2.75) is 38.5 Å². The third-order valence-corrected chi connectivity index (χ3v) is 7.69. The van der Waals surface area contributed by atoms with E-state index in [1.165, 1.54) is 19.3 Å². The summed E-state index contributed by atoms with van der Waals surface area (Å²) in [6, 6.07) is 13.8. The van der Waals surface area contributed by atoms with E-state index in [2.05, 4.69) is 46.5 Å². The van der Waals surface area contributed by atoms with Gasteiger partial charge in [-0.25, -0.2) is 4.98 Å². The summed E-state index contributed by atoms with van der Waals surface area (Å²) in [7, 11) is 0. The monoisotopic (exact) mass is 528 g/mol. The number of fused-ring (bicyclic) bond motifs is 2. The van der Waals surface area contributed by atoms with Crippen LogP contribution in [0.5, 0.6) is 0 Å². The predicted molar refractivity (Wildman–Crippen MR) is 155 cm³/mol. The Morgan fingerprint density at radius 3 is 2.70 bits per heavy atom. The van der Waals surface area contributed by atoms with Gasteiger partial charge < -0.3 is 10.3 Å². The predicted octanol–water partition coefficient (Wildman–Crippen LogP) is 6.53. The molecule has 7 rings (SSSR count). The summed E-state index contributed by atoms with van der Waals surface area (Å²) in [6.45, 7) is 0. The third-order valence-electron chi connectivity index (χ3n) is 7.69. The first-order valence-electron chi connectivity index (χ1n) is 13.7. The first kappa shape index (κ1) is 24.1. The quantitative estimate of drug-likeness (QED) is 0.226. The van der Waals surface area contributed by atoms with Crippen LogP contribution in [-0.4, -0.2) is 41.0 Å². The normalized spacial score (nSPS) is 14.1. The van der Waals surface area contributed by atoms with Crippen LogP contribution in [0.15, 0.2) is 73.4 Å². The zero-order valence-corrected chi connectivity index (χ0v) is 21.9. The van der Waals surface area contributed by atoms with Crippen LogP contribution in [0.4, 0.5) is 5.69 Å². The van der Waals surface area contributed by atoms with E-state index in [4.69, 9.17) is 0 Å². The zero-order valence-electron chi connectivity index (χ0n) is 21.9. The summed E-state index contributed by atoms with van der Waals surface area (Å²) in [5.41, 5.74) is 7.33. The van der Waals surface area contributed by atoms with Crippen molar-refractivity contribution in [2.75, 3.05) is 5.32 Å². The second-order valence-corrected chi connectivity index (χ2v) is 10.4. The van der Waals surface area contributed by atoms with Gasteiger partial charge in [0.2, 0.25) is 5.91 Å². The van der Waals surface area contributed by atoms with E-state index in [9.17, 15) is 4.79 Å². The Morgan fingerprint density at radius 2 is 1.82 bits per heavy atom. The summed E-state index contributed by atoms with van der Waals surface area (Å²) < 4.78 is 0. The van der Waals surface area contributed by atoms with E-state index in [1.807, 2.05) is 36.4 Å². The number of nitrogens with zero attached hydrogens (tertiary/aromatic N) is 5. The molecule has 9 nitrogen and oxygen atoms in total. The highest BCUT2D eigenvalue weighted by Gasteiger charge is 2.18. The molecule has 0 unspecified atom stereocenters. The van der Waals surface area contributed by atoms with Crippen LogP contribution in [-0.2, 0) is 4.79 Å². The van der Waals surface area contributed by atoms with E-state index >= 15 is 0 Å². The van der Waals surface area contributed by atoms with Crippen LogP contribution in [0, 0.1) is 5.92 Å². The summed E-state index contributed by atoms with van der Waals surface area (Å²) in [5.74, 6) is 0.525. The molecule has 0 aliphatic heterocycles. The average molecular weight is 529 g/mol. The Bertz CT molecular complexity index is 1820. The summed E-state index contributed by atoms with van der Waals surface area (Å²) in [4.78, 5) is 34.2. The first-order valence-corrected chi connectivity index (χ1v) is 13.7. The highest BCUT2D eigenvalue weighted by atomic mass is 16.1. The second-order valence-electron chi connectivity index (χ2n) is 10.4. The number of rotatable bonds is 6. The van der Waals surface area contributed by atoms with Gasteiger partial charge in [0.1, 0.15) is 11.3 Å². The van der Waals surface area contributed by atoms with Crippen molar-refractivity contribution in [3.05, 3.63) is 73.4 Å². The number of amides is 1. The van der Waals surface area contributed by atoms with Gasteiger partial charge in [0.15, 0.2) is 0 Å². The highest BCUT2D eigenvalue weighted by molar-refractivity contribution is 6.00. The summed E-state index contributed by atoms with van der Waals surface area (Å²) in [5, 5.41) is 12.6. The number of H-pyrrole nitrogens is 2. The molecule has 0 bridgehead atoms.